The molecular formula is C7H18OS. The van der Waals surface area contributed by atoms with Gasteiger partial charge in [0.25, 0.3) is 0 Å². The number of hydrogen-bond acceptors (Lipinski definition) is 2. The quantitative estimate of drug-likeness (QED) is 0.588. The molecular weight excluding hydrogens is 132 g/mol. The van der Waals surface area contributed by atoms with Crippen LogP contribution < -0.4 is 0 Å². The van der Waals surface area contributed by atoms with Crippen molar-refractivity contribution >= 4 is 12.6 Å². The first-order valence-corrected chi connectivity index (χ1v) is 3.61. The van der Waals surface area contributed by atoms with Gasteiger partial charge in [-0.2, -0.15) is 12.6 Å². The van der Waals surface area contributed by atoms with Crippen LogP contribution in [-0.2, 0) is 0 Å². The Kier molecular flexibility index (Phi) is 11.1. The van der Waals surface area contributed by atoms with E-state index in [9.17, 15) is 0 Å². The molecule has 0 radical (unpaired) electrons. The van der Waals surface area contributed by atoms with Crippen LogP contribution in [0.15, 0.2) is 0 Å². The predicted molar refractivity (Wildman–Crippen MR) is 46.1 cm³/mol. The molecule has 2 heteroatoms. The van der Waals surface area contributed by atoms with Gasteiger partial charge in [0, 0.05) is 11.9 Å². The van der Waals surface area contributed by atoms with Gasteiger partial charge in [0.05, 0.1) is 0 Å². The molecule has 0 aliphatic rings. The Balaban J connectivity index is 0. The molecule has 1 nitrogen and oxygen atoms in total. The molecule has 0 aromatic rings. The molecule has 0 aromatic carbocycles. The van der Waals surface area contributed by atoms with Crippen molar-refractivity contribution in [3.05, 3.63) is 0 Å². The fraction of sp³-hybridized carbons (Fsp3) is 1.00. The number of rotatable bonds is 4. The van der Waals surface area contributed by atoms with Crippen molar-refractivity contribution in [2.24, 2.45) is 0 Å². The van der Waals surface area contributed by atoms with Gasteiger partial charge < -0.3 is 5.11 Å². The second-order valence-electron chi connectivity index (χ2n) is 1.95. The third-order valence-electron chi connectivity index (χ3n) is 1.08. The van der Waals surface area contributed by atoms with Crippen LogP contribution in [0.2, 0.25) is 0 Å². The number of aliphatic hydroxyl groups excluding tert-OH is 1. The molecule has 0 aromatic heterocycles. The normalized spacial score (nSPS) is 12.3. The monoisotopic (exact) mass is 150 g/mol. The highest BCUT2D eigenvalue weighted by molar-refractivity contribution is 7.80. The Bertz CT molecular complexity index is 42.2. The van der Waals surface area contributed by atoms with E-state index in [1.165, 1.54) is 0 Å². The predicted octanol–water partition coefficient (Wildman–Crippen LogP) is 2.10. The molecule has 0 aliphatic carbocycles. The summed E-state index contributed by atoms with van der Waals surface area (Å²) in [5, 5.41) is 8.82. The van der Waals surface area contributed by atoms with Crippen LogP contribution >= 0.6 is 12.6 Å². The fourth-order valence-corrected chi connectivity index (χ4v) is 1.00. The molecule has 0 bridgehead atoms. The van der Waals surface area contributed by atoms with Crippen molar-refractivity contribution in [3.8, 4) is 0 Å². The standard InChI is InChI=1S/C6H14OS.CH4/c1-2-3-6(8)4-5-7;/h6-8H,2-5H2,1H3;1H4. The molecule has 0 amide bonds. The second kappa shape index (κ2) is 8.31. The topological polar surface area (TPSA) is 20.2 Å². The van der Waals surface area contributed by atoms with Crippen molar-refractivity contribution in [1.82, 2.24) is 0 Å². The highest BCUT2D eigenvalue weighted by Gasteiger charge is 1.97. The maximum atomic E-state index is 8.41. The molecule has 0 fully saturated rings. The highest BCUT2D eigenvalue weighted by Crippen LogP contribution is 2.07. The van der Waals surface area contributed by atoms with Crippen LogP contribution in [0, 0.1) is 0 Å². The molecule has 1 N–H and O–H groups in total. The molecule has 9 heavy (non-hydrogen) atoms. The van der Waals surface area contributed by atoms with Crippen LogP contribution in [0.4, 0.5) is 0 Å². The molecule has 0 saturated heterocycles. The lowest BCUT2D eigenvalue weighted by atomic mass is 10.2. The molecule has 0 saturated carbocycles. The maximum absolute atomic E-state index is 8.41. The molecule has 1 atom stereocenters. The second-order valence-corrected chi connectivity index (χ2v) is 2.69. The summed E-state index contributed by atoms with van der Waals surface area (Å²) < 4.78 is 0. The summed E-state index contributed by atoms with van der Waals surface area (Å²) in [5.74, 6) is 0. The fourth-order valence-electron chi connectivity index (χ4n) is 0.627. The number of aliphatic hydroxyl groups is 1. The van der Waals surface area contributed by atoms with Gasteiger partial charge in [-0.25, -0.2) is 0 Å². The largest absolute Gasteiger partial charge is 0.396 e. The summed E-state index contributed by atoms with van der Waals surface area (Å²) >= 11 is 4.23. The number of hydrogen-bond donors (Lipinski definition) is 2. The zero-order valence-electron chi connectivity index (χ0n) is 5.30. The minimum Gasteiger partial charge on any atom is -0.396 e. The Morgan fingerprint density at radius 2 is 2.00 bits per heavy atom. The van der Waals surface area contributed by atoms with Crippen molar-refractivity contribution in [1.29, 1.82) is 0 Å². The van der Waals surface area contributed by atoms with E-state index in [1.54, 1.807) is 0 Å². The van der Waals surface area contributed by atoms with Gasteiger partial charge in [-0.15, -0.1) is 0 Å². The third kappa shape index (κ3) is 8.31. The summed E-state index contributed by atoms with van der Waals surface area (Å²) in [6.07, 6.45) is 3.11. The van der Waals surface area contributed by atoms with E-state index in [4.69, 9.17) is 5.11 Å². The van der Waals surface area contributed by atoms with Crippen molar-refractivity contribution in [2.75, 3.05) is 6.61 Å². The van der Waals surface area contributed by atoms with E-state index in [0.717, 1.165) is 19.3 Å². The molecule has 1 unspecified atom stereocenters. The van der Waals surface area contributed by atoms with Gasteiger partial charge in [0.15, 0.2) is 0 Å². The van der Waals surface area contributed by atoms with Crippen molar-refractivity contribution in [3.63, 3.8) is 0 Å². The van der Waals surface area contributed by atoms with Crippen LogP contribution in [-0.4, -0.2) is 17.0 Å². The van der Waals surface area contributed by atoms with Crippen LogP contribution in [0.25, 0.3) is 0 Å². The summed E-state index contributed by atoms with van der Waals surface area (Å²) in [4.78, 5) is 0. The van der Waals surface area contributed by atoms with Crippen LogP contribution in [0.5, 0.6) is 0 Å². The highest BCUT2D eigenvalue weighted by atomic mass is 32.1. The van der Waals surface area contributed by atoms with E-state index in [2.05, 4.69) is 19.6 Å². The zero-order chi connectivity index (χ0) is 6.41. The first-order chi connectivity index (χ1) is 3.81. The lowest BCUT2D eigenvalue weighted by molar-refractivity contribution is 0.285. The van der Waals surface area contributed by atoms with E-state index in [1.807, 2.05) is 0 Å². The van der Waals surface area contributed by atoms with E-state index in [0.29, 0.717) is 5.25 Å². The Hall–Kier alpha value is 0.310. The first kappa shape index (κ1) is 12.0. The Morgan fingerprint density at radius 1 is 1.44 bits per heavy atom. The molecule has 0 heterocycles. The summed E-state index contributed by atoms with van der Waals surface area (Å²) in [5.41, 5.74) is 0. The van der Waals surface area contributed by atoms with E-state index >= 15 is 0 Å². The number of thiol groups is 1. The molecule has 58 valence electrons. The molecule has 0 rings (SSSR count). The minimum atomic E-state index is 0. The van der Waals surface area contributed by atoms with Gasteiger partial charge in [0.1, 0.15) is 0 Å². The van der Waals surface area contributed by atoms with E-state index < -0.39 is 0 Å². The van der Waals surface area contributed by atoms with Crippen LogP contribution in [0.1, 0.15) is 33.6 Å². The molecule has 0 spiro atoms. The van der Waals surface area contributed by atoms with Gasteiger partial charge >= 0.3 is 0 Å². The van der Waals surface area contributed by atoms with E-state index in [-0.39, 0.29) is 14.0 Å². The van der Waals surface area contributed by atoms with Crippen molar-refractivity contribution in [2.45, 2.75) is 38.9 Å². The Labute approximate surface area is 63.9 Å². The summed E-state index contributed by atoms with van der Waals surface area (Å²) in [7, 11) is 0. The van der Waals surface area contributed by atoms with Crippen molar-refractivity contribution < 1.29 is 5.11 Å². The first-order valence-electron chi connectivity index (χ1n) is 3.10. The maximum Gasteiger partial charge on any atom is 0.0441 e. The third-order valence-corrected chi connectivity index (χ3v) is 1.60. The Morgan fingerprint density at radius 3 is 2.33 bits per heavy atom. The molecule has 0 aliphatic heterocycles. The van der Waals surface area contributed by atoms with Crippen LogP contribution in [0.3, 0.4) is 0 Å². The zero-order valence-corrected chi connectivity index (χ0v) is 6.19. The summed E-state index contributed by atoms with van der Waals surface area (Å²) in [6.45, 7) is 2.40. The van der Waals surface area contributed by atoms with Gasteiger partial charge in [0.2, 0.25) is 0 Å². The summed E-state index contributed by atoms with van der Waals surface area (Å²) in [6, 6.07) is 0. The average molecular weight is 150 g/mol. The lowest BCUT2D eigenvalue weighted by Crippen LogP contribution is -1.99. The average Bonchev–Trinajstić information content (AvgIpc) is 1.68. The minimum absolute atomic E-state index is 0. The smallest absolute Gasteiger partial charge is 0.0441 e. The SMILES string of the molecule is C.CCCC(S)CCO. The van der Waals surface area contributed by atoms with Gasteiger partial charge in [-0.3, -0.25) is 0 Å². The van der Waals surface area contributed by atoms with Gasteiger partial charge in [-0.05, 0) is 12.8 Å². The van der Waals surface area contributed by atoms with Gasteiger partial charge in [-0.1, -0.05) is 20.8 Å². The lowest BCUT2D eigenvalue weighted by Gasteiger charge is -2.04.